The molecular weight excluding hydrogens is 428 g/mol. The van der Waals surface area contributed by atoms with Crippen LogP contribution in [0.3, 0.4) is 0 Å². The lowest BCUT2D eigenvalue weighted by molar-refractivity contribution is 0.0853. The number of ether oxygens (including phenoxy) is 1. The predicted molar refractivity (Wildman–Crippen MR) is 129 cm³/mol. The lowest BCUT2D eigenvalue weighted by Crippen LogP contribution is -2.47. The minimum Gasteiger partial charge on any atom is -0.447 e. The van der Waals surface area contributed by atoms with E-state index in [4.69, 9.17) is 9.15 Å². The summed E-state index contributed by atoms with van der Waals surface area (Å²) in [5.41, 5.74) is 2.96. The monoisotopic (exact) mass is 460 g/mol. The highest BCUT2D eigenvalue weighted by atomic mass is 16.5. The largest absolute Gasteiger partial charge is 0.447 e. The van der Waals surface area contributed by atoms with Gasteiger partial charge in [0.1, 0.15) is 6.26 Å². The minimum atomic E-state index is -0.205. The first kappa shape index (κ1) is 22.8. The van der Waals surface area contributed by atoms with Gasteiger partial charge in [-0.05, 0) is 24.0 Å². The van der Waals surface area contributed by atoms with Gasteiger partial charge < -0.3 is 14.5 Å². The fraction of sp³-hybridized carbons (Fsp3) is 0.407. The van der Waals surface area contributed by atoms with E-state index < -0.39 is 0 Å². The van der Waals surface area contributed by atoms with Crippen LogP contribution in [0.2, 0.25) is 0 Å². The van der Waals surface area contributed by atoms with Crippen LogP contribution in [0.15, 0.2) is 71.3 Å². The Labute approximate surface area is 200 Å². The van der Waals surface area contributed by atoms with Gasteiger partial charge >= 0.3 is 0 Å². The molecule has 2 fully saturated rings. The number of carbonyl (C=O) groups is 1. The summed E-state index contributed by atoms with van der Waals surface area (Å²) in [6.07, 6.45) is 3.62. The number of carbonyl (C=O) groups excluding carboxylic acids is 1. The fourth-order valence-corrected chi connectivity index (χ4v) is 4.85. The maximum Gasteiger partial charge on any atom is 0.273 e. The van der Waals surface area contributed by atoms with Crippen molar-refractivity contribution in [3.63, 3.8) is 0 Å². The van der Waals surface area contributed by atoms with Crippen LogP contribution in [0.4, 0.5) is 0 Å². The highest BCUT2D eigenvalue weighted by Gasteiger charge is 2.27. The topological polar surface area (TPSA) is 70.8 Å². The zero-order valence-corrected chi connectivity index (χ0v) is 19.4. The summed E-state index contributed by atoms with van der Waals surface area (Å²) >= 11 is 0. The maximum absolute atomic E-state index is 12.4. The van der Waals surface area contributed by atoms with E-state index in [-0.39, 0.29) is 18.1 Å². The molecule has 0 radical (unpaired) electrons. The lowest BCUT2D eigenvalue weighted by atomic mass is 9.96. The quantitative estimate of drug-likeness (QED) is 0.555. The fourth-order valence-electron chi connectivity index (χ4n) is 4.85. The Balaban J connectivity index is 1.16. The molecule has 0 spiro atoms. The van der Waals surface area contributed by atoms with Crippen LogP contribution >= 0.6 is 0 Å². The normalized spacial score (nSPS) is 19.5. The van der Waals surface area contributed by atoms with Gasteiger partial charge in [-0.3, -0.25) is 14.6 Å². The number of oxazole rings is 1. The highest BCUT2D eigenvalue weighted by Crippen LogP contribution is 2.29. The van der Waals surface area contributed by atoms with Crippen LogP contribution in [0.5, 0.6) is 0 Å². The summed E-state index contributed by atoms with van der Waals surface area (Å²) in [5.74, 6) is 0.377. The first-order valence-electron chi connectivity index (χ1n) is 12.2. The van der Waals surface area contributed by atoms with Crippen LogP contribution in [0.25, 0.3) is 0 Å². The van der Waals surface area contributed by atoms with Gasteiger partial charge in [-0.15, -0.1) is 0 Å². The molecule has 3 heterocycles. The van der Waals surface area contributed by atoms with Gasteiger partial charge in [-0.2, -0.15) is 0 Å². The number of nitrogens with zero attached hydrogens (tertiary/aromatic N) is 3. The summed E-state index contributed by atoms with van der Waals surface area (Å²) in [6, 6.07) is 21.7. The molecule has 34 heavy (non-hydrogen) atoms. The first-order chi connectivity index (χ1) is 16.8. The van der Waals surface area contributed by atoms with Crippen LogP contribution in [0, 0.1) is 0 Å². The van der Waals surface area contributed by atoms with Crippen molar-refractivity contribution in [3.05, 3.63) is 89.6 Å². The Kier molecular flexibility index (Phi) is 7.34. The molecule has 178 valence electrons. The van der Waals surface area contributed by atoms with E-state index in [1.807, 2.05) is 0 Å². The van der Waals surface area contributed by atoms with Crippen molar-refractivity contribution in [1.82, 2.24) is 20.1 Å². The summed E-state index contributed by atoms with van der Waals surface area (Å²) in [6.45, 7) is 5.63. The Hall–Kier alpha value is -3.00. The summed E-state index contributed by atoms with van der Waals surface area (Å²) < 4.78 is 11.2. The van der Waals surface area contributed by atoms with Crippen molar-refractivity contribution in [1.29, 1.82) is 0 Å². The van der Waals surface area contributed by atoms with E-state index in [9.17, 15) is 4.79 Å². The van der Waals surface area contributed by atoms with Crippen LogP contribution in [-0.2, 0) is 11.3 Å². The lowest BCUT2D eigenvalue weighted by Gasteiger charge is -2.39. The third-order valence-electron chi connectivity index (χ3n) is 6.66. The van der Waals surface area contributed by atoms with Gasteiger partial charge in [0.15, 0.2) is 5.69 Å². The SMILES string of the molecule is O=C(NCC1CCCO1)c1coc(CN2CCN(C(c3ccccc3)c3ccccc3)CC2)n1. The summed E-state index contributed by atoms with van der Waals surface area (Å²) in [4.78, 5) is 21.7. The molecule has 2 aliphatic rings. The number of amides is 1. The van der Waals surface area contributed by atoms with E-state index in [1.54, 1.807) is 0 Å². The molecule has 0 saturated carbocycles. The third-order valence-corrected chi connectivity index (χ3v) is 6.66. The number of rotatable bonds is 8. The Bertz CT molecular complexity index is 1000. The van der Waals surface area contributed by atoms with Gasteiger partial charge in [-0.1, -0.05) is 60.7 Å². The van der Waals surface area contributed by atoms with E-state index in [2.05, 4.69) is 80.8 Å². The number of piperazine rings is 1. The molecule has 2 aliphatic heterocycles. The van der Waals surface area contributed by atoms with Crippen LogP contribution < -0.4 is 5.32 Å². The van der Waals surface area contributed by atoms with Gasteiger partial charge in [0.25, 0.3) is 5.91 Å². The molecule has 1 aromatic heterocycles. The second kappa shape index (κ2) is 11.0. The molecular formula is C27H32N4O3. The van der Waals surface area contributed by atoms with E-state index in [1.165, 1.54) is 17.4 Å². The van der Waals surface area contributed by atoms with Gasteiger partial charge in [0.05, 0.1) is 18.7 Å². The number of aromatic nitrogens is 1. The molecule has 5 rings (SSSR count). The van der Waals surface area contributed by atoms with Crippen molar-refractivity contribution < 1.29 is 13.9 Å². The highest BCUT2D eigenvalue weighted by molar-refractivity contribution is 5.91. The second-order valence-electron chi connectivity index (χ2n) is 9.01. The van der Waals surface area contributed by atoms with Crippen LogP contribution in [-0.4, -0.2) is 66.1 Å². The smallest absolute Gasteiger partial charge is 0.273 e. The molecule has 1 N–H and O–H groups in total. The van der Waals surface area contributed by atoms with Crippen LogP contribution in [0.1, 0.15) is 46.4 Å². The Morgan fingerprint density at radius 1 is 1.00 bits per heavy atom. The van der Waals surface area contributed by atoms with Crippen molar-refractivity contribution in [2.24, 2.45) is 0 Å². The summed E-state index contributed by atoms with van der Waals surface area (Å²) in [7, 11) is 0. The molecule has 7 heteroatoms. The average Bonchev–Trinajstić information content (AvgIpc) is 3.58. The zero-order chi connectivity index (χ0) is 23.2. The molecule has 1 unspecified atom stereocenters. The van der Waals surface area contributed by atoms with Crippen molar-refractivity contribution in [2.45, 2.75) is 31.5 Å². The minimum absolute atomic E-state index is 0.113. The van der Waals surface area contributed by atoms with E-state index in [0.717, 1.165) is 45.6 Å². The third kappa shape index (κ3) is 5.55. The van der Waals surface area contributed by atoms with Gasteiger partial charge in [-0.25, -0.2) is 4.98 Å². The summed E-state index contributed by atoms with van der Waals surface area (Å²) in [5, 5.41) is 2.90. The molecule has 2 aromatic carbocycles. The van der Waals surface area contributed by atoms with Crippen molar-refractivity contribution in [2.75, 3.05) is 39.3 Å². The zero-order valence-electron chi connectivity index (χ0n) is 19.4. The molecule has 0 aliphatic carbocycles. The first-order valence-corrected chi connectivity index (χ1v) is 12.2. The predicted octanol–water partition coefficient (Wildman–Crippen LogP) is 3.49. The molecule has 0 bridgehead atoms. The molecule has 1 amide bonds. The van der Waals surface area contributed by atoms with E-state index in [0.29, 0.717) is 24.7 Å². The second-order valence-corrected chi connectivity index (χ2v) is 9.01. The number of nitrogens with one attached hydrogen (secondary N) is 1. The molecule has 1 atom stereocenters. The van der Waals surface area contributed by atoms with E-state index >= 15 is 0 Å². The maximum atomic E-state index is 12.4. The Morgan fingerprint density at radius 3 is 2.29 bits per heavy atom. The molecule has 2 saturated heterocycles. The number of benzene rings is 2. The molecule has 7 nitrogen and oxygen atoms in total. The number of hydrogen-bond donors (Lipinski definition) is 1. The van der Waals surface area contributed by atoms with Crippen molar-refractivity contribution >= 4 is 5.91 Å². The van der Waals surface area contributed by atoms with Gasteiger partial charge in [0, 0.05) is 39.3 Å². The van der Waals surface area contributed by atoms with Crippen molar-refractivity contribution in [3.8, 4) is 0 Å². The van der Waals surface area contributed by atoms with Gasteiger partial charge in [0.2, 0.25) is 5.89 Å². The average molecular weight is 461 g/mol. The molecule has 3 aromatic rings. The Morgan fingerprint density at radius 2 is 1.68 bits per heavy atom. The number of hydrogen-bond acceptors (Lipinski definition) is 6. The standard InChI is InChI=1S/C27H32N4O3/c32-27(28-18-23-12-7-17-33-23)24-20-34-25(29-24)19-30-13-15-31(16-14-30)26(21-8-3-1-4-9-21)22-10-5-2-6-11-22/h1-6,8-11,20,23,26H,7,12-19H2,(H,28,32).